The fraction of sp³-hybridized carbons (Fsp3) is 0.389. The Morgan fingerprint density at radius 2 is 2.07 bits per heavy atom. The van der Waals surface area contributed by atoms with Crippen molar-refractivity contribution in [1.82, 2.24) is 15.3 Å². The van der Waals surface area contributed by atoms with Gasteiger partial charge in [0, 0.05) is 25.2 Å². The molecule has 1 aromatic heterocycles. The molecule has 2 aromatic rings. The second-order valence-corrected chi connectivity index (χ2v) is 8.65. The predicted octanol–water partition coefficient (Wildman–Crippen LogP) is 1.04. The molecule has 1 unspecified atom stereocenters. The van der Waals surface area contributed by atoms with Crippen molar-refractivity contribution >= 4 is 21.6 Å². The summed E-state index contributed by atoms with van der Waals surface area (Å²) in [5.74, 6) is 1.21. The highest BCUT2D eigenvalue weighted by molar-refractivity contribution is 7.91. The number of carbonyl (C=O) groups excluding carboxylic acids is 1. The summed E-state index contributed by atoms with van der Waals surface area (Å²) >= 11 is 0. The van der Waals surface area contributed by atoms with Gasteiger partial charge >= 0.3 is 0 Å². The van der Waals surface area contributed by atoms with E-state index in [1.165, 1.54) is 12.4 Å². The molecular weight excluding hydrogens is 368 g/mol. The molecule has 27 heavy (non-hydrogen) atoms. The van der Waals surface area contributed by atoms with E-state index in [4.69, 9.17) is 4.74 Å². The zero-order valence-electron chi connectivity index (χ0n) is 15.3. The number of nitrogens with zero attached hydrogens (tertiary/aromatic N) is 3. The SMILES string of the molecule is COc1ccccc1CNC(=O)c1cnc(N(C)C2CCS(=O)(=O)C2)cn1. The molecule has 1 N–H and O–H groups in total. The molecule has 1 atom stereocenters. The van der Waals surface area contributed by atoms with Crippen molar-refractivity contribution in [3.8, 4) is 5.75 Å². The maximum atomic E-state index is 12.3. The molecule has 1 aliphatic rings. The number of rotatable bonds is 6. The van der Waals surface area contributed by atoms with Gasteiger partial charge in [0.2, 0.25) is 0 Å². The summed E-state index contributed by atoms with van der Waals surface area (Å²) in [5, 5.41) is 2.79. The van der Waals surface area contributed by atoms with Crippen molar-refractivity contribution in [2.75, 3.05) is 30.6 Å². The topological polar surface area (TPSA) is 101 Å². The first-order valence-corrected chi connectivity index (χ1v) is 10.4. The third-order valence-electron chi connectivity index (χ3n) is 4.62. The molecule has 1 saturated heterocycles. The Balaban J connectivity index is 1.62. The van der Waals surface area contributed by atoms with Gasteiger partial charge < -0.3 is 15.0 Å². The fourth-order valence-electron chi connectivity index (χ4n) is 3.00. The van der Waals surface area contributed by atoms with Gasteiger partial charge in [0.15, 0.2) is 9.84 Å². The van der Waals surface area contributed by atoms with Gasteiger partial charge in [0.25, 0.3) is 5.91 Å². The Kier molecular flexibility index (Phi) is 5.59. The first-order chi connectivity index (χ1) is 12.9. The number of nitrogens with one attached hydrogen (secondary N) is 1. The van der Waals surface area contributed by atoms with Crippen LogP contribution in [0.25, 0.3) is 0 Å². The maximum Gasteiger partial charge on any atom is 0.271 e. The minimum Gasteiger partial charge on any atom is -0.496 e. The average molecular weight is 390 g/mol. The molecule has 3 rings (SSSR count). The molecule has 1 fully saturated rings. The number of benzene rings is 1. The molecule has 2 heterocycles. The third-order valence-corrected chi connectivity index (χ3v) is 6.37. The van der Waals surface area contributed by atoms with E-state index in [-0.39, 0.29) is 29.1 Å². The van der Waals surface area contributed by atoms with Crippen molar-refractivity contribution in [3.05, 3.63) is 47.9 Å². The summed E-state index contributed by atoms with van der Waals surface area (Å²) < 4.78 is 28.5. The Morgan fingerprint density at radius 1 is 1.30 bits per heavy atom. The molecule has 0 aliphatic carbocycles. The van der Waals surface area contributed by atoms with Gasteiger partial charge in [-0.1, -0.05) is 18.2 Å². The van der Waals surface area contributed by atoms with E-state index < -0.39 is 9.84 Å². The van der Waals surface area contributed by atoms with Crippen molar-refractivity contribution in [2.45, 2.75) is 19.0 Å². The monoisotopic (exact) mass is 390 g/mol. The second-order valence-electron chi connectivity index (χ2n) is 6.42. The van der Waals surface area contributed by atoms with E-state index in [0.29, 0.717) is 24.5 Å². The lowest BCUT2D eigenvalue weighted by Crippen LogP contribution is -2.33. The number of carbonyl (C=O) groups is 1. The number of amides is 1. The maximum absolute atomic E-state index is 12.3. The number of anilines is 1. The molecular formula is C18H22N4O4S. The number of sulfone groups is 1. The summed E-state index contributed by atoms with van der Waals surface area (Å²) in [5.41, 5.74) is 1.06. The van der Waals surface area contributed by atoms with E-state index >= 15 is 0 Å². The van der Waals surface area contributed by atoms with E-state index in [9.17, 15) is 13.2 Å². The van der Waals surface area contributed by atoms with Crippen LogP contribution in [0, 0.1) is 0 Å². The fourth-order valence-corrected chi connectivity index (χ4v) is 4.78. The molecule has 1 aliphatic heterocycles. The highest BCUT2D eigenvalue weighted by Gasteiger charge is 2.31. The van der Waals surface area contributed by atoms with Crippen molar-refractivity contribution in [1.29, 1.82) is 0 Å². The summed E-state index contributed by atoms with van der Waals surface area (Å²) in [6.07, 6.45) is 3.46. The van der Waals surface area contributed by atoms with Crippen molar-refractivity contribution < 1.29 is 17.9 Å². The third kappa shape index (κ3) is 4.54. The molecule has 0 bridgehead atoms. The Bertz CT molecular complexity index is 915. The van der Waals surface area contributed by atoms with Crippen LogP contribution in [0.1, 0.15) is 22.5 Å². The molecule has 0 spiro atoms. The van der Waals surface area contributed by atoms with Crippen LogP contribution < -0.4 is 15.0 Å². The minimum absolute atomic E-state index is 0.116. The summed E-state index contributed by atoms with van der Waals surface area (Å²) in [4.78, 5) is 22.5. The number of aromatic nitrogens is 2. The lowest BCUT2D eigenvalue weighted by atomic mass is 10.2. The van der Waals surface area contributed by atoms with Gasteiger partial charge in [-0.15, -0.1) is 0 Å². The second kappa shape index (κ2) is 7.91. The molecule has 0 radical (unpaired) electrons. The van der Waals surface area contributed by atoms with Gasteiger partial charge in [-0.05, 0) is 12.5 Å². The Morgan fingerprint density at radius 3 is 2.70 bits per heavy atom. The van der Waals surface area contributed by atoms with Crippen LogP contribution in [0.2, 0.25) is 0 Å². The van der Waals surface area contributed by atoms with Crippen molar-refractivity contribution in [2.24, 2.45) is 0 Å². The largest absolute Gasteiger partial charge is 0.496 e. The molecule has 1 amide bonds. The van der Waals surface area contributed by atoms with Gasteiger partial charge in [-0.2, -0.15) is 0 Å². The molecule has 8 nitrogen and oxygen atoms in total. The zero-order chi connectivity index (χ0) is 19.4. The van der Waals surface area contributed by atoms with E-state index in [1.807, 2.05) is 24.3 Å². The van der Waals surface area contributed by atoms with Crippen LogP contribution in [-0.2, 0) is 16.4 Å². The highest BCUT2D eigenvalue weighted by atomic mass is 32.2. The first-order valence-electron chi connectivity index (χ1n) is 8.55. The van der Waals surface area contributed by atoms with E-state index in [0.717, 1.165) is 5.56 Å². The van der Waals surface area contributed by atoms with Crippen molar-refractivity contribution in [3.63, 3.8) is 0 Å². The summed E-state index contributed by atoms with van der Waals surface area (Å²) in [7, 11) is 0.395. The zero-order valence-corrected chi connectivity index (χ0v) is 16.1. The first kappa shape index (κ1) is 19.1. The smallest absolute Gasteiger partial charge is 0.271 e. The predicted molar refractivity (Wildman–Crippen MR) is 102 cm³/mol. The molecule has 144 valence electrons. The van der Waals surface area contributed by atoms with E-state index in [1.54, 1.807) is 19.1 Å². The van der Waals surface area contributed by atoms with Crippen LogP contribution in [-0.4, -0.2) is 56.0 Å². The van der Waals surface area contributed by atoms with Crippen LogP contribution in [0.15, 0.2) is 36.7 Å². The molecule has 1 aromatic carbocycles. The van der Waals surface area contributed by atoms with Crippen LogP contribution in [0.4, 0.5) is 5.82 Å². The number of methoxy groups -OCH3 is 1. The molecule has 9 heteroatoms. The van der Waals surface area contributed by atoms with Gasteiger partial charge in [0.05, 0.1) is 31.0 Å². The Labute approximate surface area is 158 Å². The minimum atomic E-state index is -2.97. The lowest BCUT2D eigenvalue weighted by molar-refractivity contribution is 0.0945. The summed E-state index contributed by atoms with van der Waals surface area (Å²) in [6, 6.07) is 7.32. The summed E-state index contributed by atoms with van der Waals surface area (Å²) in [6.45, 7) is 0.312. The number of hydrogen-bond donors (Lipinski definition) is 1. The highest BCUT2D eigenvalue weighted by Crippen LogP contribution is 2.21. The average Bonchev–Trinajstić information content (AvgIpc) is 3.05. The number of hydrogen-bond acceptors (Lipinski definition) is 7. The van der Waals surface area contributed by atoms with E-state index in [2.05, 4.69) is 15.3 Å². The van der Waals surface area contributed by atoms with Crippen LogP contribution in [0.5, 0.6) is 5.75 Å². The normalized spacial score (nSPS) is 18.1. The number of para-hydroxylation sites is 1. The van der Waals surface area contributed by atoms with Gasteiger partial charge in [0.1, 0.15) is 17.3 Å². The quantitative estimate of drug-likeness (QED) is 0.786. The number of ether oxygens (including phenoxy) is 1. The molecule has 0 saturated carbocycles. The Hall–Kier alpha value is -2.68. The van der Waals surface area contributed by atoms with Crippen LogP contribution >= 0.6 is 0 Å². The van der Waals surface area contributed by atoms with Gasteiger partial charge in [-0.3, -0.25) is 4.79 Å². The van der Waals surface area contributed by atoms with Crippen LogP contribution in [0.3, 0.4) is 0 Å². The lowest BCUT2D eigenvalue weighted by Gasteiger charge is -2.24. The van der Waals surface area contributed by atoms with Gasteiger partial charge in [-0.25, -0.2) is 18.4 Å². The standard InChI is InChI=1S/C18H22N4O4S/c1-22(14-7-8-27(24,25)12-14)17-11-19-15(10-20-17)18(23)21-9-13-5-3-4-6-16(13)26-2/h3-6,10-11,14H,7-9,12H2,1-2H3,(H,21,23).